The third kappa shape index (κ3) is 6.18. The Hall–Kier alpha value is -2.64. The summed E-state index contributed by atoms with van der Waals surface area (Å²) >= 11 is 6.67. The zero-order chi connectivity index (χ0) is 21.3. The quantitative estimate of drug-likeness (QED) is 0.306. The number of unbranched alkanes of at least 4 members (excludes halogenated alkanes) is 2. The van der Waals surface area contributed by atoms with Gasteiger partial charge in [-0.25, -0.2) is 0 Å². The van der Waals surface area contributed by atoms with E-state index in [2.05, 4.69) is 5.32 Å². The van der Waals surface area contributed by atoms with Gasteiger partial charge in [-0.05, 0) is 60.5 Å². The lowest BCUT2D eigenvalue weighted by molar-refractivity contribution is -0.116. The van der Waals surface area contributed by atoms with Crippen LogP contribution in [0.15, 0.2) is 59.5 Å². The van der Waals surface area contributed by atoms with E-state index >= 15 is 0 Å². The van der Waals surface area contributed by atoms with Crippen LogP contribution < -0.4 is 10.1 Å². The maximum Gasteiger partial charge on any atom is 0.291 e. The van der Waals surface area contributed by atoms with Crippen LogP contribution in [0.4, 0.5) is 10.5 Å². The average Bonchev–Trinajstić information content (AvgIpc) is 3.02. The summed E-state index contributed by atoms with van der Waals surface area (Å²) in [5.74, 6) is 0.795. The van der Waals surface area contributed by atoms with E-state index in [0.29, 0.717) is 18.0 Å². The van der Waals surface area contributed by atoms with Crippen molar-refractivity contribution in [1.29, 1.82) is 0 Å². The number of methoxy groups -OCH3 is 1. The molecule has 1 aliphatic heterocycles. The van der Waals surface area contributed by atoms with Crippen molar-refractivity contribution in [2.75, 3.05) is 19.0 Å². The standard InChI is InChI=1S/C23H24N2O3S2/c1-28-19-13-11-17(12-14-19)16-20-22(29)25(23(27)30-20)15-7-3-6-10-21(26)24-18-8-4-2-5-9-18/h2,4-5,8-9,11-14,16H,3,6-7,10,15H2,1H3,(H,24,26). The summed E-state index contributed by atoms with van der Waals surface area (Å²) in [6.45, 7) is 0.574. The molecule has 2 aromatic carbocycles. The van der Waals surface area contributed by atoms with Crippen LogP contribution in [0.2, 0.25) is 0 Å². The van der Waals surface area contributed by atoms with E-state index in [1.807, 2.05) is 60.7 Å². The molecular formula is C23H24N2O3S2. The second kappa shape index (κ2) is 10.9. The smallest absolute Gasteiger partial charge is 0.291 e. The Morgan fingerprint density at radius 3 is 2.53 bits per heavy atom. The number of thiocarbonyl (C=S) groups is 1. The number of para-hydroxylation sites is 1. The van der Waals surface area contributed by atoms with Gasteiger partial charge in [0.2, 0.25) is 5.91 Å². The van der Waals surface area contributed by atoms with Gasteiger partial charge in [-0.3, -0.25) is 14.5 Å². The topological polar surface area (TPSA) is 58.6 Å². The molecule has 5 nitrogen and oxygen atoms in total. The summed E-state index contributed by atoms with van der Waals surface area (Å²) in [5.41, 5.74) is 1.78. The number of benzene rings is 2. The first-order chi connectivity index (χ1) is 14.6. The molecule has 1 aliphatic rings. The van der Waals surface area contributed by atoms with Crippen molar-refractivity contribution < 1.29 is 14.3 Å². The van der Waals surface area contributed by atoms with Crippen molar-refractivity contribution in [3.63, 3.8) is 0 Å². The number of amides is 2. The number of hydrogen-bond donors (Lipinski definition) is 1. The highest BCUT2D eigenvalue weighted by molar-refractivity contribution is 8.19. The molecule has 1 N–H and O–H groups in total. The third-order valence-electron chi connectivity index (χ3n) is 4.63. The van der Waals surface area contributed by atoms with Crippen LogP contribution in [0.25, 0.3) is 6.08 Å². The van der Waals surface area contributed by atoms with Gasteiger partial charge >= 0.3 is 0 Å². The minimum atomic E-state index is -0.0402. The molecule has 0 bridgehead atoms. The Balaban J connectivity index is 1.42. The maximum atomic E-state index is 12.3. The van der Waals surface area contributed by atoms with Crippen LogP contribution in [0.5, 0.6) is 5.75 Å². The molecule has 0 aromatic heterocycles. The summed E-state index contributed by atoms with van der Waals surface area (Å²) in [6, 6.07) is 17.0. The van der Waals surface area contributed by atoms with Gasteiger partial charge in [0.15, 0.2) is 0 Å². The van der Waals surface area contributed by atoms with E-state index in [9.17, 15) is 9.59 Å². The molecule has 2 amide bonds. The molecule has 30 heavy (non-hydrogen) atoms. The molecule has 0 unspecified atom stereocenters. The summed E-state index contributed by atoms with van der Waals surface area (Å²) in [4.78, 5) is 27.3. The van der Waals surface area contributed by atoms with Crippen LogP contribution in [0, 0.1) is 0 Å². The average molecular weight is 441 g/mol. The third-order valence-corrected chi connectivity index (χ3v) is 6.13. The molecule has 156 valence electrons. The fraction of sp³-hybridized carbons (Fsp3) is 0.261. The fourth-order valence-corrected chi connectivity index (χ4v) is 4.31. The largest absolute Gasteiger partial charge is 0.497 e. The van der Waals surface area contributed by atoms with E-state index in [4.69, 9.17) is 17.0 Å². The SMILES string of the molecule is COc1ccc(C=C2SC(=O)N(CCCCCC(=O)Nc3ccccc3)C2=S)cc1. The summed E-state index contributed by atoms with van der Waals surface area (Å²) in [7, 11) is 1.63. The first-order valence-corrected chi connectivity index (χ1v) is 11.0. The van der Waals surface area contributed by atoms with Crippen molar-refractivity contribution in [3.05, 3.63) is 65.1 Å². The number of anilines is 1. The maximum absolute atomic E-state index is 12.3. The molecule has 0 radical (unpaired) electrons. The number of carbonyl (C=O) groups excluding carboxylic acids is 2. The second-order valence-corrected chi connectivity index (χ2v) is 8.21. The Kier molecular flexibility index (Phi) is 8.04. The molecule has 0 atom stereocenters. The molecule has 2 aromatic rings. The summed E-state index contributed by atoms with van der Waals surface area (Å²) in [6.07, 6.45) is 4.83. The number of rotatable bonds is 9. The van der Waals surface area contributed by atoms with Crippen molar-refractivity contribution >= 4 is 51.9 Å². The Bertz CT molecular complexity index is 927. The van der Waals surface area contributed by atoms with E-state index in [0.717, 1.165) is 41.2 Å². The fourth-order valence-electron chi connectivity index (χ4n) is 3.02. The Morgan fingerprint density at radius 1 is 1.10 bits per heavy atom. The lowest BCUT2D eigenvalue weighted by atomic mass is 10.1. The zero-order valence-corrected chi connectivity index (χ0v) is 18.4. The highest BCUT2D eigenvalue weighted by atomic mass is 32.2. The lowest BCUT2D eigenvalue weighted by Gasteiger charge is -2.14. The molecular weight excluding hydrogens is 416 g/mol. The van der Waals surface area contributed by atoms with Gasteiger partial charge in [-0.1, -0.05) is 49.0 Å². The minimum absolute atomic E-state index is 0.00855. The first kappa shape index (κ1) is 22.1. The van der Waals surface area contributed by atoms with Gasteiger partial charge in [-0.2, -0.15) is 0 Å². The van der Waals surface area contributed by atoms with Gasteiger partial charge in [-0.15, -0.1) is 0 Å². The predicted molar refractivity (Wildman–Crippen MR) is 127 cm³/mol. The van der Waals surface area contributed by atoms with E-state index in [1.54, 1.807) is 12.0 Å². The summed E-state index contributed by atoms with van der Waals surface area (Å²) < 4.78 is 5.16. The van der Waals surface area contributed by atoms with Crippen molar-refractivity contribution in [2.45, 2.75) is 25.7 Å². The van der Waals surface area contributed by atoms with Gasteiger partial charge < -0.3 is 10.1 Å². The zero-order valence-electron chi connectivity index (χ0n) is 16.8. The number of carbonyl (C=O) groups is 2. The molecule has 1 saturated heterocycles. The number of ether oxygens (including phenoxy) is 1. The molecule has 1 fully saturated rings. The lowest BCUT2D eigenvalue weighted by Crippen LogP contribution is -2.28. The molecule has 3 rings (SSSR count). The highest BCUT2D eigenvalue weighted by Crippen LogP contribution is 2.33. The number of nitrogens with zero attached hydrogens (tertiary/aromatic N) is 1. The van der Waals surface area contributed by atoms with Crippen molar-refractivity contribution in [2.24, 2.45) is 0 Å². The summed E-state index contributed by atoms with van der Waals surface area (Å²) in [5, 5.41) is 2.84. The molecule has 7 heteroatoms. The monoisotopic (exact) mass is 440 g/mol. The highest BCUT2D eigenvalue weighted by Gasteiger charge is 2.31. The number of hydrogen-bond acceptors (Lipinski definition) is 5. The first-order valence-electron chi connectivity index (χ1n) is 9.81. The normalized spacial score (nSPS) is 15.0. The molecule has 1 heterocycles. The molecule has 0 saturated carbocycles. The number of nitrogens with one attached hydrogen (secondary N) is 1. The van der Waals surface area contributed by atoms with Gasteiger partial charge in [0.25, 0.3) is 5.24 Å². The molecule has 0 aliphatic carbocycles. The second-order valence-electron chi connectivity index (χ2n) is 6.83. The van der Waals surface area contributed by atoms with Gasteiger partial charge in [0.1, 0.15) is 10.7 Å². The van der Waals surface area contributed by atoms with Gasteiger partial charge in [0, 0.05) is 18.7 Å². The Morgan fingerprint density at radius 2 is 1.83 bits per heavy atom. The van der Waals surface area contributed by atoms with Crippen LogP contribution in [-0.2, 0) is 4.79 Å². The van der Waals surface area contributed by atoms with Crippen LogP contribution in [-0.4, -0.2) is 34.7 Å². The van der Waals surface area contributed by atoms with E-state index in [1.165, 1.54) is 11.8 Å². The van der Waals surface area contributed by atoms with Gasteiger partial charge in [0.05, 0.1) is 12.0 Å². The number of thioether (sulfide) groups is 1. The minimum Gasteiger partial charge on any atom is -0.497 e. The van der Waals surface area contributed by atoms with E-state index in [-0.39, 0.29) is 11.1 Å². The van der Waals surface area contributed by atoms with Crippen LogP contribution >= 0.6 is 24.0 Å². The predicted octanol–water partition coefficient (Wildman–Crippen LogP) is 5.73. The van der Waals surface area contributed by atoms with Crippen LogP contribution in [0.1, 0.15) is 31.2 Å². The Labute approximate surface area is 186 Å². The van der Waals surface area contributed by atoms with Crippen molar-refractivity contribution in [1.82, 2.24) is 4.90 Å². The van der Waals surface area contributed by atoms with E-state index < -0.39 is 0 Å². The molecule has 0 spiro atoms. The van der Waals surface area contributed by atoms with Crippen molar-refractivity contribution in [3.8, 4) is 5.75 Å². The van der Waals surface area contributed by atoms with Crippen LogP contribution in [0.3, 0.4) is 0 Å².